The Morgan fingerprint density at radius 3 is 1.88 bits per heavy atom. The maximum absolute atomic E-state index is 6.14. The van der Waals surface area contributed by atoms with E-state index in [-0.39, 0.29) is 18.3 Å². The van der Waals surface area contributed by atoms with Crippen LogP contribution in [0.4, 0.5) is 11.4 Å². The zero-order valence-corrected chi connectivity index (χ0v) is 14.0. The largest absolute Gasteiger partial charge is 0.399 e. The van der Waals surface area contributed by atoms with Crippen LogP contribution in [0.15, 0.2) is 48.5 Å². The molecule has 2 aromatic rings. The minimum atomic E-state index is -0.493. The van der Waals surface area contributed by atoms with Crippen molar-refractivity contribution in [3.8, 4) is 0 Å². The van der Waals surface area contributed by atoms with Crippen LogP contribution in [0.1, 0.15) is 23.7 Å². The van der Waals surface area contributed by atoms with E-state index >= 15 is 0 Å². The molecule has 6 atom stereocenters. The second-order valence-corrected chi connectivity index (χ2v) is 6.71. The zero-order chi connectivity index (χ0) is 17.7. The highest BCUT2D eigenvalue weighted by molar-refractivity contribution is 5.40. The fourth-order valence-corrected chi connectivity index (χ4v) is 3.54. The molecular formula is C19H20N2O5. The SMILES string of the molecule is Nc1ccc(C2OCC3OC4OC(c5ccc(N)cc5)OC4C3O2)cc1. The molecule has 26 heavy (non-hydrogen) atoms. The summed E-state index contributed by atoms with van der Waals surface area (Å²) in [5.41, 5.74) is 14.7. The number of nitrogens with two attached hydrogens (primary N) is 2. The van der Waals surface area contributed by atoms with E-state index in [1.165, 1.54) is 0 Å². The highest BCUT2D eigenvalue weighted by Crippen LogP contribution is 2.43. The van der Waals surface area contributed by atoms with E-state index in [1.807, 2.05) is 48.5 Å². The van der Waals surface area contributed by atoms with Crippen molar-refractivity contribution >= 4 is 11.4 Å². The summed E-state index contributed by atoms with van der Waals surface area (Å²) in [6.45, 7) is 0.423. The number of nitrogen functional groups attached to an aromatic ring is 2. The van der Waals surface area contributed by atoms with Gasteiger partial charge in [-0.1, -0.05) is 24.3 Å². The maximum Gasteiger partial charge on any atom is 0.190 e. The van der Waals surface area contributed by atoms with E-state index in [1.54, 1.807) is 0 Å². The molecule has 5 rings (SSSR count). The fourth-order valence-electron chi connectivity index (χ4n) is 3.54. The van der Waals surface area contributed by atoms with Crippen LogP contribution in [0.5, 0.6) is 0 Å². The topological polar surface area (TPSA) is 98.2 Å². The number of anilines is 2. The van der Waals surface area contributed by atoms with Gasteiger partial charge in [0, 0.05) is 22.5 Å². The van der Waals surface area contributed by atoms with Gasteiger partial charge >= 0.3 is 0 Å². The van der Waals surface area contributed by atoms with Crippen molar-refractivity contribution in [2.24, 2.45) is 0 Å². The van der Waals surface area contributed by atoms with Gasteiger partial charge in [-0.05, 0) is 24.3 Å². The first-order valence-corrected chi connectivity index (χ1v) is 8.62. The Morgan fingerprint density at radius 1 is 0.654 bits per heavy atom. The first-order chi connectivity index (χ1) is 12.7. The van der Waals surface area contributed by atoms with Gasteiger partial charge in [-0.3, -0.25) is 0 Å². The molecule has 3 fully saturated rings. The summed E-state index contributed by atoms with van der Waals surface area (Å²) in [5.74, 6) is 0. The Balaban J connectivity index is 1.31. The number of rotatable bonds is 2. The summed E-state index contributed by atoms with van der Waals surface area (Å²) in [5, 5.41) is 0. The molecular weight excluding hydrogens is 336 g/mol. The third kappa shape index (κ3) is 2.74. The summed E-state index contributed by atoms with van der Waals surface area (Å²) in [6, 6.07) is 14.9. The van der Waals surface area contributed by atoms with Gasteiger partial charge in [-0.2, -0.15) is 0 Å². The summed E-state index contributed by atoms with van der Waals surface area (Å²) >= 11 is 0. The maximum atomic E-state index is 6.14. The van der Waals surface area contributed by atoms with Crippen LogP contribution < -0.4 is 11.5 Å². The molecule has 0 saturated carbocycles. The van der Waals surface area contributed by atoms with Crippen molar-refractivity contribution in [2.75, 3.05) is 18.1 Å². The molecule has 6 unspecified atom stereocenters. The summed E-state index contributed by atoms with van der Waals surface area (Å²) in [4.78, 5) is 0. The predicted octanol–water partition coefficient (Wildman–Crippen LogP) is 2.10. The third-order valence-electron chi connectivity index (χ3n) is 4.92. The van der Waals surface area contributed by atoms with Gasteiger partial charge in [-0.25, -0.2) is 0 Å². The predicted molar refractivity (Wildman–Crippen MR) is 92.6 cm³/mol. The van der Waals surface area contributed by atoms with Crippen LogP contribution in [0.25, 0.3) is 0 Å². The smallest absolute Gasteiger partial charge is 0.190 e. The summed E-state index contributed by atoms with van der Waals surface area (Å²) in [7, 11) is 0. The van der Waals surface area contributed by atoms with Crippen LogP contribution in [0.3, 0.4) is 0 Å². The van der Waals surface area contributed by atoms with Crippen molar-refractivity contribution in [1.29, 1.82) is 0 Å². The molecule has 0 aromatic heterocycles. The van der Waals surface area contributed by atoms with E-state index in [2.05, 4.69) is 0 Å². The molecule has 2 aromatic carbocycles. The van der Waals surface area contributed by atoms with Crippen LogP contribution >= 0.6 is 0 Å². The van der Waals surface area contributed by atoms with E-state index in [9.17, 15) is 0 Å². The number of hydrogen-bond acceptors (Lipinski definition) is 7. The Morgan fingerprint density at radius 2 is 1.23 bits per heavy atom. The van der Waals surface area contributed by atoms with E-state index in [4.69, 9.17) is 35.2 Å². The summed E-state index contributed by atoms with van der Waals surface area (Å²) < 4.78 is 29.9. The minimum Gasteiger partial charge on any atom is -0.399 e. The average molecular weight is 356 g/mol. The average Bonchev–Trinajstić information content (AvgIpc) is 3.20. The zero-order valence-electron chi connectivity index (χ0n) is 14.0. The van der Waals surface area contributed by atoms with Crippen molar-refractivity contribution < 1.29 is 23.7 Å². The van der Waals surface area contributed by atoms with Gasteiger partial charge in [0.15, 0.2) is 18.9 Å². The molecule has 0 bridgehead atoms. The number of hydrogen-bond donors (Lipinski definition) is 2. The second kappa shape index (κ2) is 6.22. The Hall–Kier alpha value is -2.16. The van der Waals surface area contributed by atoms with Crippen molar-refractivity contribution in [1.82, 2.24) is 0 Å². The molecule has 7 nitrogen and oxygen atoms in total. The molecule has 3 saturated heterocycles. The summed E-state index contributed by atoms with van der Waals surface area (Å²) in [6.07, 6.45) is -2.20. The van der Waals surface area contributed by atoms with Gasteiger partial charge < -0.3 is 35.2 Å². The normalized spacial score (nSPS) is 35.8. The second-order valence-electron chi connectivity index (χ2n) is 6.71. The van der Waals surface area contributed by atoms with Gasteiger partial charge in [-0.15, -0.1) is 0 Å². The first kappa shape index (κ1) is 16.0. The molecule has 0 aliphatic carbocycles. The van der Waals surface area contributed by atoms with Gasteiger partial charge in [0.1, 0.15) is 18.3 Å². The molecule has 0 radical (unpaired) electrons. The fraction of sp³-hybridized carbons (Fsp3) is 0.368. The standard InChI is InChI=1S/C19H20N2O5/c20-12-5-1-10(2-6-12)17-22-9-14-15(24-17)16-19(23-14)26-18(25-16)11-3-7-13(21)8-4-11/h1-8,14-19H,9,20-21H2. The molecule has 3 aliphatic rings. The van der Waals surface area contributed by atoms with Gasteiger partial charge in [0.2, 0.25) is 0 Å². The van der Waals surface area contributed by atoms with E-state index in [0.717, 1.165) is 11.1 Å². The molecule has 4 N–H and O–H groups in total. The van der Waals surface area contributed by atoms with E-state index in [0.29, 0.717) is 18.0 Å². The van der Waals surface area contributed by atoms with Crippen molar-refractivity contribution in [3.63, 3.8) is 0 Å². The lowest BCUT2D eigenvalue weighted by Crippen LogP contribution is -2.43. The molecule has 136 valence electrons. The quantitative estimate of drug-likeness (QED) is 0.795. The molecule has 7 heteroatoms. The lowest BCUT2D eigenvalue weighted by molar-refractivity contribution is -0.273. The van der Waals surface area contributed by atoms with Crippen molar-refractivity contribution in [2.45, 2.75) is 37.2 Å². The highest BCUT2D eigenvalue weighted by Gasteiger charge is 2.55. The first-order valence-electron chi connectivity index (χ1n) is 8.62. The van der Waals surface area contributed by atoms with Crippen LogP contribution in [0, 0.1) is 0 Å². The lowest BCUT2D eigenvalue weighted by Gasteiger charge is -2.33. The van der Waals surface area contributed by atoms with Crippen LogP contribution in [0.2, 0.25) is 0 Å². The monoisotopic (exact) mass is 356 g/mol. The number of ether oxygens (including phenoxy) is 5. The van der Waals surface area contributed by atoms with Crippen LogP contribution in [-0.2, 0) is 23.7 Å². The Bertz CT molecular complexity index is 782. The minimum absolute atomic E-state index is 0.206. The van der Waals surface area contributed by atoms with Crippen LogP contribution in [-0.4, -0.2) is 31.2 Å². The number of fused-ring (bicyclic) bond motifs is 3. The molecule has 0 spiro atoms. The Labute approximate surface area is 150 Å². The van der Waals surface area contributed by atoms with E-state index < -0.39 is 18.9 Å². The van der Waals surface area contributed by atoms with Gasteiger partial charge in [0.05, 0.1) is 6.61 Å². The molecule has 0 amide bonds. The molecule has 3 heterocycles. The lowest BCUT2D eigenvalue weighted by atomic mass is 10.1. The highest BCUT2D eigenvalue weighted by atomic mass is 16.8. The van der Waals surface area contributed by atoms with Gasteiger partial charge in [0.25, 0.3) is 0 Å². The number of benzene rings is 2. The van der Waals surface area contributed by atoms with Crippen molar-refractivity contribution in [3.05, 3.63) is 59.7 Å². The molecule has 3 aliphatic heterocycles. The Kier molecular flexibility index (Phi) is 3.84. The third-order valence-corrected chi connectivity index (χ3v) is 4.92.